The monoisotopic (exact) mass is 292 g/mol. The van der Waals surface area contributed by atoms with Crippen molar-refractivity contribution < 1.29 is 4.74 Å². The Labute approximate surface area is 122 Å². The van der Waals surface area contributed by atoms with Crippen LogP contribution in [0.1, 0.15) is 31.9 Å². The second-order valence-corrected chi connectivity index (χ2v) is 5.99. The zero-order chi connectivity index (χ0) is 14.8. The number of aromatic amines is 1. The molecule has 0 bridgehead atoms. The molecule has 0 aliphatic rings. The lowest BCUT2D eigenvalue weighted by atomic mass is 9.87. The van der Waals surface area contributed by atoms with Crippen LogP contribution in [0.4, 0.5) is 0 Å². The molecule has 1 N–H and O–H groups in total. The molecule has 0 aliphatic carbocycles. The summed E-state index contributed by atoms with van der Waals surface area (Å²) in [5, 5.41) is 5.92. The molecule has 1 aromatic carbocycles. The number of hydrogen-bond donors (Lipinski definition) is 1. The molecular weight excluding hydrogens is 276 g/mol. The van der Waals surface area contributed by atoms with Crippen LogP contribution < -0.4 is 10.3 Å². The Kier molecular flexibility index (Phi) is 4.14. The van der Waals surface area contributed by atoms with Gasteiger partial charge in [0.25, 0.3) is 5.56 Å². The molecule has 0 atom stereocenters. The maximum atomic E-state index is 11.3. The lowest BCUT2D eigenvalue weighted by molar-refractivity contribution is 0.304. The van der Waals surface area contributed by atoms with E-state index in [1.807, 2.05) is 12.1 Å². The van der Waals surface area contributed by atoms with E-state index in [9.17, 15) is 4.79 Å². The number of H-pyrrole nitrogens is 1. The van der Waals surface area contributed by atoms with Gasteiger partial charge in [0.1, 0.15) is 6.61 Å². The normalized spacial score (nSPS) is 11.4. The smallest absolute Gasteiger partial charge is 0.286 e. The summed E-state index contributed by atoms with van der Waals surface area (Å²) in [5.41, 5.74) is 1.94. The Balaban J connectivity index is 2.08. The van der Waals surface area contributed by atoms with Gasteiger partial charge in [-0.15, -0.1) is 0 Å². The molecule has 20 heavy (non-hydrogen) atoms. The summed E-state index contributed by atoms with van der Waals surface area (Å²) < 4.78 is 5.51. The molecule has 0 saturated heterocycles. The van der Waals surface area contributed by atoms with Crippen LogP contribution in [0.25, 0.3) is 0 Å². The molecule has 2 rings (SSSR count). The van der Waals surface area contributed by atoms with Crippen LogP contribution in [0.2, 0.25) is 5.02 Å². The van der Waals surface area contributed by atoms with Crippen LogP contribution >= 0.6 is 11.6 Å². The van der Waals surface area contributed by atoms with Crippen molar-refractivity contribution in [3.8, 4) is 5.75 Å². The Bertz CT molecular complexity index is 642. The summed E-state index contributed by atoms with van der Waals surface area (Å²) in [6.45, 7) is 6.84. The summed E-state index contributed by atoms with van der Waals surface area (Å²) in [6.07, 6.45) is 1.40. The third-order valence-corrected chi connectivity index (χ3v) is 3.34. The Morgan fingerprint density at radius 3 is 2.50 bits per heavy atom. The fraction of sp³-hybridized carbons (Fsp3) is 0.333. The van der Waals surface area contributed by atoms with Crippen molar-refractivity contribution in [2.75, 3.05) is 0 Å². The maximum absolute atomic E-state index is 11.3. The molecule has 0 amide bonds. The van der Waals surface area contributed by atoms with Crippen molar-refractivity contribution in [1.29, 1.82) is 0 Å². The average Bonchev–Trinajstić information content (AvgIpc) is 2.40. The molecule has 0 radical (unpaired) electrons. The van der Waals surface area contributed by atoms with Crippen LogP contribution in [-0.2, 0) is 12.0 Å². The summed E-state index contributed by atoms with van der Waals surface area (Å²) in [7, 11) is 0. The van der Waals surface area contributed by atoms with E-state index in [1.54, 1.807) is 0 Å². The molecule has 0 spiro atoms. The quantitative estimate of drug-likeness (QED) is 0.944. The topological polar surface area (TPSA) is 55.0 Å². The number of nitrogens with zero attached hydrogens (tertiary/aromatic N) is 1. The van der Waals surface area contributed by atoms with Gasteiger partial charge in [-0.2, -0.15) is 5.10 Å². The number of aromatic nitrogens is 2. The first-order valence-electron chi connectivity index (χ1n) is 6.33. The zero-order valence-corrected chi connectivity index (χ0v) is 12.5. The molecule has 0 unspecified atom stereocenters. The van der Waals surface area contributed by atoms with E-state index in [-0.39, 0.29) is 16.2 Å². The zero-order valence-electron chi connectivity index (χ0n) is 11.7. The van der Waals surface area contributed by atoms with Gasteiger partial charge in [0.2, 0.25) is 0 Å². The number of ether oxygens (including phenoxy) is 1. The van der Waals surface area contributed by atoms with Gasteiger partial charge in [-0.3, -0.25) is 4.79 Å². The number of hydrogen-bond acceptors (Lipinski definition) is 3. The third kappa shape index (κ3) is 3.39. The lowest BCUT2D eigenvalue weighted by Gasteiger charge is -2.19. The molecule has 0 aliphatic heterocycles. The number of benzene rings is 1. The van der Waals surface area contributed by atoms with Crippen LogP contribution in [0.3, 0.4) is 0 Å². The third-order valence-electron chi connectivity index (χ3n) is 2.98. The van der Waals surface area contributed by atoms with E-state index in [2.05, 4.69) is 43.1 Å². The minimum Gasteiger partial charge on any atom is -0.485 e. The van der Waals surface area contributed by atoms with Crippen LogP contribution in [-0.4, -0.2) is 10.2 Å². The lowest BCUT2D eigenvalue weighted by Crippen LogP contribution is -2.11. The first-order chi connectivity index (χ1) is 9.38. The Hall–Kier alpha value is -1.81. The maximum Gasteiger partial charge on any atom is 0.286 e. The van der Waals surface area contributed by atoms with Crippen molar-refractivity contribution in [3.63, 3.8) is 0 Å². The van der Waals surface area contributed by atoms with E-state index in [4.69, 9.17) is 16.3 Å². The molecule has 2 aromatic rings. The summed E-state index contributed by atoms with van der Waals surface area (Å²) >= 11 is 5.84. The predicted molar refractivity (Wildman–Crippen MR) is 79.3 cm³/mol. The Morgan fingerprint density at radius 1 is 1.25 bits per heavy atom. The van der Waals surface area contributed by atoms with Gasteiger partial charge in [0, 0.05) is 0 Å². The van der Waals surface area contributed by atoms with Crippen LogP contribution in [0.15, 0.2) is 35.3 Å². The average molecular weight is 293 g/mol. The van der Waals surface area contributed by atoms with Crippen molar-refractivity contribution in [2.24, 2.45) is 0 Å². The second kappa shape index (κ2) is 5.67. The highest BCUT2D eigenvalue weighted by Crippen LogP contribution is 2.23. The number of nitrogens with one attached hydrogen (secondary N) is 1. The van der Waals surface area contributed by atoms with Crippen molar-refractivity contribution in [2.45, 2.75) is 32.8 Å². The highest BCUT2D eigenvalue weighted by atomic mass is 35.5. The van der Waals surface area contributed by atoms with Gasteiger partial charge < -0.3 is 4.74 Å². The van der Waals surface area contributed by atoms with Crippen molar-refractivity contribution >= 4 is 11.6 Å². The SMILES string of the molecule is CC(C)(C)c1ccc(COc2cn[nH]c(=O)c2Cl)cc1. The predicted octanol–water partition coefficient (Wildman–Crippen LogP) is 3.30. The van der Waals surface area contributed by atoms with E-state index >= 15 is 0 Å². The van der Waals surface area contributed by atoms with Crippen LogP contribution in [0, 0.1) is 0 Å². The summed E-state index contributed by atoms with van der Waals surface area (Å²) in [6, 6.07) is 8.18. The van der Waals surface area contributed by atoms with Crippen LogP contribution in [0.5, 0.6) is 5.75 Å². The van der Waals surface area contributed by atoms with Gasteiger partial charge in [-0.05, 0) is 16.5 Å². The Morgan fingerprint density at radius 2 is 1.90 bits per heavy atom. The molecule has 1 aromatic heterocycles. The van der Waals surface area contributed by atoms with Gasteiger partial charge >= 0.3 is 0 Å². The highest BCUT2D eigenvalue weighted by Gasteiger charge is 2.13. The minimum atomic E-state index is -0.452. The summed E-state index contributed by atoms with van der Waals surface area (Å²) in [5.74, 6) is 0.287. The highest BCUT2D eigenvalue weighted by molar-refractivity contribution is 6.31. The molecule has 5 heteroatoms. The largest absolute Gasteiger partial charge is 0.485 e. The fourth-order valence-corrected chi connectivity index (χ4v) is 1.88. The second-order valence-electron chi connectivity index (χ2n) is 5.61. The van der Waals surface area contributed by atoms with Gasteiger partial charge in [-0.1, -0.05) is 56.6 Å². The first kappa shape index (κ1) is 14.6. The van der Waals surface area contributed by atoms with Gasteiger partial charge in [-0.25, -0.2) is 5.10 Å². The molecule has 106 valence electrons. The van der Waals surface area contributed by atoms with E-state index in [0.717, 1.165) is 5.56 Å². The standard InChI is InChI=1S/C15H17ClN2O2/c1-15(2,3)11-6-4-10(5-7-11)9-20-12-8-17-18-14(19)13(12)16/h4-8H,9H2,1-3H3,(H,18,19). The molecule has 4 nitrogen and oxygen atoms in total. The molecular formula is C15H17ClN2O2. The van der Waals surface area contributed by atoms with Crippen molar-refractivity contribution in [1.82, 2.24) is 10.2 Å². The van der Waals surface area contributed by atoms with Gasteiger partial charge in [0.05, 0.1) is 6.20 Å². The summed E-state index contributed by atoms with van der Waals surface area (Å²) in [4.78, 5) is 11.3. The minimum absolute atomic E-state index is 0.0197. The molecule has 1 heterocycles. The number of rotatable bonds is 3. The molecule has 0 fully saturated rings. The van der Waals surface area contributed by atoms with E-state index in [0.29, 0.717) is 6.61 Å². The van der Waals surface area contributed by atoms with E-state index < -0.39 is 5.56 Å². The van der Waals surface area contributed by atoms with E-state index in [1.165, 1.54) is 11.8 Å². The van der Waals surface area contributed by atoms with Crippen molar-refractivity contribution in [3.05, 3.63) is 57.0 Å². The number of halogens is 1. The van der Waals surface area contributed by atoms with Gasteiger partial charge in [0.15, 0.2) is 10.8 Å². The fourth-order valence-electron chi connectivity index (χ4n) is 1.73. The molecule has 0 saturated carbocycles. The first-order valence-corrected chi connectivity index (χ1v) is 6.71.